The third-order valence-corrected chi connectivity index (χ3v) is 7.16. The number of carboxylic acid groups (broad SMARTS) is 1. The fourth-order valence-electron chi connectivity index (χ4n) is 1.79. The van der Waals surface area contributed by atoms with Crippen LogP contribution in [-0.4, -0.2) is 53.7 Å². The number of aromatic carboxylic acids is 1. The molecule has 0 saturated carbocycles. The summed E-state index contributed by atoms with van der Waals surface area (Å²) in [5, 5.41) is 8.76. The number of carboxylic acids is 1. The first-order valence-corrected chi connectivity index (χ1v) is 9.39. The van der Waals surface area contributed by atoms with Gasteiger partial charge in [-0.25, -0.2) is 18.2 Å². The van der Waals surface area contributed by atoms with Crippen LogP contribution in [0.15, 0.2) is 6.20 Å². The quantitative estimate of drug-likeness (QED) is 0.889. The summed E-state index contributed by atoms with van der Waals surface area (Å²) >= 11 is 2.62. The third kappa shape index (κ3) is 3.03. The van der Waals surface area contributed by atoms with Crippen LogP contribution in [0, 0.1) is 0 Å². The number of thiazole rings is 1. The van der Waals surface area contributed by atoms with E-state index in [1.165, 1.54) is 6.20 Å². The molecule has 1 fully saturated rings. The Labute approximate surface area is 119 Å². The van der Waals surface area contributed by atoms with E-state index in [4.69, 9.17) is 5.11 Å². The molecular formula is C10H14N2O4S3. The van der Waals surface area contributed by atoms with E-state index in [9.17, 15) is 13.2 Å². The minimum Gasteiger partial charge on any atom is -0.477 e. The lowest BCUT2D eigenvalue weighted by Crippen LogP contribution is -2.47. The summed E-state index contributed by atoms with van der Waals surface area (Å²) in [7, 11) is -3.21. The highest BCUT2D eigenvalue weighted by atomic mass is 32.2. The van der Waals surface area contributed by atoms with Crippen LogP contribution in [0.3, 0.4) is 0 Å². The zero-order valence-electron chi connectivity index (χ0n) is 10.3. The van der Waals surface area contributed by atoms with E-state index in [0.717, 1.165) is 17.1 Å². The van der Waals surface area contributed by atoms with Gasteiger partial charge < -0.3 is 10.0 Å². The molecule has 1 saturated heterocycles. The number of rotatable bonds is 4. The van der Waals surface area contributed by atoms with Gasteiger partial charge in [0.25, 0.3) is 0 Å². The number of hydrogen-bond acceptors (Lipinski definition) is 7. The molecule has 0 bridgehead atoms. The monoisotopic (exact) mass is 322 g/mol. The van der Waals surface area contributed by atoms with Gasteiger partial charge in [0.05, 0.1) is 6.20 Å². The van der Waals surface area contributed by atoms with Crippen LogP contribution in [0.4, 0.5) is 5.13 Å². The fraction of sp³-hybridized carbons (Fsp3) is 0.600. The van der Waals surface area contributed by atoms with Gasteiger partial charge in [-0.3, -0.25) is 0 Å². The van der Waals surface area contributed by atoms with Crippen LogP contribution >= 0.6 is 23.1 Å². The zero-order chi connectivity index (χ0) is 14.0. The van der Waals surface area contributed by atoms with Gasteiger partial charge in [-0.05, 0) is 0 Å². The first-order valence-electron chi connectivity index (χ1n) is 5.70. The molecule has 2 heterocycles. The Morgan fingerprint density at radius 2 is 2.37 bits per heavy atom. The number of aromatic nitrogens is 1. The highest BCUT2D eigenvalue weighted by molar-refractivity contribution is 8.01. The molecule has 1 N–H and O–H groups in total. The van der Waals surface area contributed by atoms with Crippen molar-refractivity contribution in [3.8, 4) is 0 Å². The number of carbonyl (C=O) groups is 1. The fourth-order valence-corrected chi connectivity index (χ4v) is 5.65. The molecule has 6 nitrogen and oxygen atoms in total. The molecule has 0 spiro atoms. The van der Waals surface area contributed by atoms with Gasteiger partial charge in [0, 0.05) is 23.8 Å². The van der Waals surface area contributed by atoms with Crippen molar-refractivity contribution in [2.24, 2.45) is 0 Å². The molecule has 0 radical (unpaired) electrons. The largest absolute Gasteiger partial charge is 0.477 e. The molecule has 1 atom stereocenters. The summed E-state index contributed by atoms with van der Waals surface area (Å²) in [5.41, 5.74) is 0. The Morgan fingerprint density at radius 1 is 1.63 bits per heavy atom. The second-order valence-corrected chi connectivity index (χ2v) is 8.59. The lowest BCUT2D eigenvalue weighted by atomic mass is 10.5. The Morgan fingerprint density at radius 3 is 2.95 bits per heavy atom. The maximum Gasteiger partial charge on any atom is 0.347 e. The SMILES string of the molecule is CCS(=O)(=O)C1CSCCN1c1ncc(C(=O)O)s1. The van der Waals surface area contributed by atoms with Crippen LogP contribution in [0.5, 0.6) is 0 Å². The average Bonchev–Trinajstić information content (AvgIpc) is 2.88. The molecule has 1 unspecified atom stereocenters. The maximum absolute atomic E-state index is 12.1. The Kier molecular flexibility index (Phi) is 4.36. The van der Waals surface area contributed by atoms with Crippen molar-refractivity contribution in [2.75, 3.05) is 28.7 Å². The van der Waals surface area contributed by atoms with E-state index in [-0.39, 0.29) is 10.6 Å². The van der Waals surface area contributed by atoms with Gasteiger partial charge in [-0.1, -0.05) is 18.3 Å². The van der Waals surface area contributed by atoms with Crippen molar-refractivity contribution in [1.82, 2.24) is 4.98 Å². The van der Waals surface area contributed by atoms with Crippen LogP contribution in [0.1, 0.15) is 16.6 Å². The molecule has 0 aromatic carbocycles. The zero-order valence-corrected chi connectivity index (χ0v) is 12.7. The molecule has 0 aliphatic carbocycles. The summed E-state index contributed by atoms with van der Waals surface area (Å²) in [6.07, 6.45) is 1.28. The Bertz CT molecular complexity index is 569. The first kappa shape index (κ1) is 14.6. The molecule has 9 heteroatoms. The smallest absolute Gasteiger partial charge is 0.347 e. The van der Waals surface area contributed by atoms with Crippen LogP contribution in [0.25, 0.3) is 0 Å². The van der Waals surface area contributed by atoms with E-state index >= 15 is 0 Å². The van der Waals surface area contributed by atoms with Crippen molar-refractivity contribution in [3.05, 3.63) is 11.1 Å². The van der Waals surface area contributed by atoms with Gasteiger partial charge in [0.15, 0.2) is 15.0 Å². The van der Waals surface area contributed by atoms with Crippen molar-refractivity contribution < 1.29 is 18.3 Å². The van der Waals surface area contributed by atoms with E-state index in [0.29, 0.717) is 17.4 Å². The van der Waals surface area contributed by atoms with E-state index in [1.54, 1.807) is 23.6 Å². The van der Waals surface area contributed by atoms with E-state index < -0.39 is 21.2 Å². The molecule has 0 amide bonds. The predicted molar refractivity (Wildman–Crippen MR) is 77.0 cm³/mol. The highest BCUT2D eigenvalue weighted by Crippen LogP contribution is 2.30. The van der Waals surface area contributed by atoms with Gasteiger partial charge >= 0.3 is 5.97 Å². The topological polar surface area (TPSA) is 87.6 Å². The molecule has 1 aliphatic heterocycles. The summed E-state index contributed by atoms with van der Waals surface area (Å²) in [5.74, 6) is 0.354. The van der Waals surface area contributed by atoms with Crippen LogP contribution in [0.2, 0.25) is 0 Å². The Balaban J connectivity index is 2.31. The van der Waals surface area contributed by atoms with Crippen molar-refractivity contribution in [3.63, 3.8) is 0 Å². The van der Waals surface area contributed by atoms with Crippen molar-refractivity contribution >= 4 is 44.0 Å². The minimum atomic E-state index is -3.21. The Hall–Kier alpha value is -0.800. The van der Waals surface area contributed by atoms with E-state index in [2.05, 4.69) is 4.98 Å². The summed E-state index contributed by atoms with van der Waals surface area (Å²) in [6, 6.07) is 0. The summed E-state index contributed by atoms with van der Waals surface area (Å²) in [4.78, 5) is 16.8. The lowest BCUT2D eigenvalue weighted by Gasteiger charge is -2.34. The molecule has 1 aliphatic rings. The van der Waals surface area contributed by atoms with Gasteiger partial charge in [-0.15, -0.1) is 0 Å². The molecular weight excluding hydrogens is 308 g/mol. The third-order valence-electron chi connectivity index (χ3n) is 2.85. The lowest BCUT2D eigenvalue weighted by molar-refractivity contribution is 0.0702. The van der Waals surface area contributed by atoms with Crippen LogP contribution in [-0.2, 0) is 9.84 Å². The minimum absolute atomic E-state index is 0.0753. The summed E-state index contributed by atoms with van der Waals surface area (Å²) in [6.45, 7) is 2.19. The standard InChI is InChI=1S/C10H14N2O4S3/c1-2-19(15,16)8-6-17-4-3-12(8)10-11-5-7(18-10)9(13)14/h5,8H,2-4,6H2,1H3,(H,13,14). The average molecular weight is 322 g/mol. The van der Waals surface area contributed by atoms with Crippen molar-refractivity contribution in [1.29, 1.82) is 0 Å². The molecule has 19 heavy (non-hydrogen) atoms. The number of nitrogens with zero attached hydrogens (tertiary/aromatic N) is 2. The highest BCUT2D eigenvalue weighted by Gasteiger charge is 2.34. The first-order chi connectivity index (χ1) is 8.95. The molecule has 1 aromatic heterocycles. The number of hydrogen-bond donors (Lipinski definition) is 1. The number of sulfone groups is 1. The van der Waals surface area contributed by atoms with Gasteiger partial charge in [0.2, 0.25) is 0 Å². The molecule has 106 valence electrons. The van der Waals surface area contributed by atoms with Gasteiger partial charge in [-0.2, -0.15) is 11.8 Å². The summed E-state index contributed by atoms with van der Waals surface area (Å²) < 4.78 is 24.2. The molecule has 1 aromatic rings. The number of anilines is 1. The normalized spacial score (nSPS) is 20.5. The molecule has 2 rings (SSSR count). The maximum atomic E-state index is 12.1. The second-order valence-electron chi connectivity index (χ2n) is 3.99. The predicted octanol–water partition coefficient (Wildman–Crippen LogP) is 1.16. The number of thioether (sulfide) groups is 1. The van der Waals surface area contributed by atoms with E-state index in [1.807, 2.05) is 0 Å². The second kappa shape index (κ2) is 5.68. The van der Waals surface area contributed by atoms with Crippen molar-refractivity contribution in [2.45, 2.75) is 12.3 Å². The van der Waals surface area contributed by atoms with Crippen LogP contribution < -0.4 is 4.90 Å². The van der Waals surface area contributed by atoms with Gasteiger partial charge in [0.1, 0.15) is 10.3 Å².